The van der Waals surface area contributed by atoms with E-state index in [9.17, 15) is 0 Å². The highest BCUT2D eigenvalue weighted by atomic mass is 32.1. The maximum Gasteiger partial charge on any atom is 0.177 e. The molecule has 8 aromatic rings. The first-order valence-corrected chi connectivity index (χ1v) is 15.1. The van der Waals surface area contributed by atoms with Gasteiger partial charge in [-0.1, -0.05) is 66.7 Å². The van der Waals surface area contributed by atoms with Crippen LogP contribution in [0.25, 0.3) is 49.6 Å². The first-order valence-electron chi connectivity index (χ1n) is 14.4. The molecule has 0 saturated carbocycles. The average molecular weight is 586 g/mol. The Bertz CT molecular complexity index is 2330. The quantitative estimate of drug-likeness (QED) is 0.206. The van der Waals surface area contributed by atoms with Gasteiger partial charge in [0.2, 0.25) is 0 Å². The summed E-state index contributed by atoms with van der Waals surface area (Å²) < 4.78 is 13.6. The summed E-state index contributed by atoms with van der Waals surface area (Å²) in [5.41, 5.74) is 7.93. The Kier molecular flexibility index (Phi) is 5.57. The monoisotopic (exact) mass is 585 g/mol. The summed E-state index contributed by atoms with van der Waals surface area (Å²) in [5, 5.41) is 3.11. The molecule has 0 bridgehead atoms. The lowest BCUT2D eigenvalue weighted by atomic mass is 10.1. The molecule has 1 aliphatic rings. The molecule has 0 spiro atoms. The number of hydrogen-bond acceptors (Lipinski definition) is 6. The Morgan fingerprint density at radius 3 is 2.27 bits per heavy atom. The average Bonchev–Trinajstić information content (AvgIpc) is 3.71. The van der Waals surface area contributed by atoms with Crippen molar-refractivity contribution < 1.29 is 4.74 Å². The van der Waals surface area contributed by atoms with Crippen LogP contribution in [-0.4, -0.2) is 18.9 Å². The van der Waals surface area contributed by atoms with Gasteiger partial charge in [0.25, 0.3) is 0 Å². The molecule has 0 amide bonds. The minimum Gasteiger partial charge on any atom is -0.452 e. The molecule has 4 heterocycles. The Balaban J connectivity index is 1.17. The number of benzene rings is 5. The van der Waals surface area contributed by atoms with Crippen molar-refractivity contribution in [2.24, 2.45) is 0 Å². The number of aromatic nitrogens is 4. The Morgan fingerprint density at radius 2 is 1.41 bits per heavy atom. The zero-order valence-corrected chi connectivity index (χ0v) is 24.1. The fourth-order valence-corrected chi connectivity index (χ4v) is 6.74. The van der Waals surface area contributed by atoms with E-state index in [1.807, 2.05) is 54.7 Å². The van der Waals surface area contributed by atoms with Gasteiger partial charge < -0.3 is 9.64 Å². The van der Waals surface area contributed by atoms with Crippen LogP contribution in [0.15, 0.2) is 140 Å². The van der Waals surface area contributed by atoms with Gasteiger partial charge in [-0.2, -0.15) is 4.37 Å². The zero-order valence-electron chi connectivity index (χ0n) is 23.3. The van der Waals surface area contributed by atoms with Gasteiger partial charge >= 0.3 is 0 Å². The topological polar surface area (TPSA) is 56.1 Å². The van der Waals surface area contributed by atoms with Crippen molar-refractivity contribution in [3.8, 4) is 39.1 Å². The predicted molar refractivity (Wildman–Crippen MR) is 178 cm³/mol. The molecule has 3 aromatic heterocycles. The molecule has 208 valence electrons. The van der Waals surface area contributed by atoms with Crippen molar-refractivity contribution in [1.29, 1.82) is 0 Å². The predicted octanol–water partition coefficient (Wildman–Crippen LogP) is 9.94. The highest BCUT2D eigenvalue weighted by molar-refractivity contribution is 7.09. The van der Waals surface area contributed by atoms with Crippen LogP contribution in [-0.2, 0) is 0 Å². The molecule has 44 heavy (non-hydrogen) atoms. The fourth-order valence-electron chi connectivity index (χ4n) is 6.07. The molecular formula is C37H23N5OS. The molecule has 0 unspecified atom stereocenters. The van der Waals surface area contributed by atoms with E-state index in [4.69, 9.17) is 19.1 Å². The lowest BCUT2D eigenvalue weighted by molar-refractivity contribution is 0.478. The van der Waals surface area contributed by atoms with Crippen LogP contribution >= 0.6 is 11.5 Å². The summed E-state index contributed by atoms with van der Waals surface area (Å²) >= 11 is 1.39. The number of nitrogens with zero attached hydrogens (tertiary/aromatic N) is 5. The minimum atomic E-state index is 0.639. The molecule has 0 aliphatic carbocycles. The van der Waals surface area contributed by atoms with Gasteiger partial charge in [-0.3, -0.25) is 4.57 Å². The molecule has 9 rings (SSSR count). The van der Waals surface area contributed by atoms with Crippen molar-refractivity contribution in [2.75, 3.05) is 4.90 Å². The lowest BCUT2D eigenvalue weighted by Gasteiger charge is -2.33. The SMILES string of the molecule is c1ccc(N2c3ccccc3Oc3c(-c4nsc(-c5ccc6c7cccnc7n(-c7ccccc7)c6c5)n4)cccc32)cc1. The number of rotatable bonds is 4. The summed E-state index contributed by atoms with van der Waals surface area (Å²) in [5.74, 6) is 2.17. The largest absolute Gasteiger partial charge is 0.452 e. The van der Waals surface area contributed by atoms with Crippen molar-refractivity contribution in [3.05, 3.63) is 140 Å². The number of pyridine rings is 1. The number of hydrogen-bond donors (Lipinski definition) is 0. The van der Waals surface area contributed by atoms with E-state index in [-0.39, 0.29) is 0 Å². The van der Waals surface area contributed by atoms with Crippen LogP contribution in [0.2, 0.25) is 0 Å². The molecule has 0 fully saturated rings. The van der Waals surface area contributed by atoms with E-state index in [2.05, 4.69) is 94.4 Å². The van der Waals surface area contributed by atoms with Crippen molar-refractivity contribution in [1.82, 2.24) is 18.9 Å². The lowest BCUT2D eigenvalue weighted by Crippen LogP contribution is -2.16. The van der Waals surface area contributed by atoms with Gasteiger partial charge in [-0.05, 0) is 78.3 Å². The van der Waals surface area contributed by atoms with E-state index in [1.165, 1.54) is 11.5 Å². The molecule has 0 N–H and O–H groups in total. The Hall–Kier alpha value is -5.79. The number of fused-ring (bicyclic) bond motifs is 5. The normalized spacial score (nSPS) is 12.2. The number of anilines is 3. The number of ether oxygens (including phenoxy) is 1. The molecule has 7 heteroatoms. The van der Waals surface area contributed by atoms with E-state index in [0.29, 0.717) is 5.82 Å². The third-order valence-electron chi connectivity index (χ3n) is 8.02. The number of para-hydroxylation sites is 5. The molecule has 0 atom stereocenters. The second kappa shape index (κ2) is 9.90. The summed E-state index contributed by atoms with van der Waals surface area (Å²) in [6.07, 6.45) is 1.85. The maximum atomic E-state index is 6.56. The third-order valence-corrected chi connectivity index (χ3v) is 8.79. The standard InChI is InChI=1S/C37H23N5OS/c1-3-11-25(12-4-1)41-30-17-7-8-19-33(30)43-34-29(15-9-18-31(34)41)35-39-37(44-40-35)24-20-21-27-28-16-10-22-38-36(28)42(32(27)23-24)26-13-5-2-6-14-26/h1-23H. The van der Waals surface area contributed by atoms with Gasteiger partial charge in [0.1, 0.15) is 10.7 Å². The van der Waals surface area contributed by atoms with Crippen LogP contribution < -0.4 is 9.64 Å². The van der Waals surface area contributed by atoms with E-state index in [1.54, 1.807) is 0 Å². The van der Waals surface area contributed by atoms with Gasteiger partial charge in [-0.15, -0.1) is 0 Å². The van der Waals surface area contributed by atoms with Crippen LogP contribution in [0.3, 0.4) is 0 Å². The maximum absolute atomic E-state index is 6.56. The summed E-state index contributed by atoms with van der Waals surface area (Å²) in [7, 11) is 0. The Labute approximate surface area is 257 Å². The molecular weight excluding hydrogens is 563 g/mol. The smallest absolute Gasteiger partial charge is 0.177 e. The fraction of sp³-hybridized carbons (Fsp3) is 0. The van der Waals surface area contributed by atoms with Crippen molar-refractivity contribution in [2.45, 2.75) is 0 Å². The summed E-state index contributed by atoms with van der Waals surface area (Å²) in [6.45, 7) is 0. The van der Waals surface area contributed by atoms with Crippen molar-refractivity contribution in [3.63, 3.8) is 0 Å². The van der Waals surface area contributed by atoms with Crippen molar-refractivity contribution >= 4 is 50.5 Å². The summed E-state index contributed by atoms with van der Waals surface area (Å²) in [4.78, 5) is 12.0. The van der Waals surface area contributed by atoms with Gasteiger partial charge in [0.15, 0.2) is 17.3 Å². The van der Waals surface area contributed by atoms with Gasteiger partial charge in [0, 0.05) is 33.9 Å². The highest BCUT2D eigenvalue weighted by Crippen LogP contribution is 2.53. The second-order valence-electron chi connectivity index (χ2n) is 10.6. The highest BCUT2D eigenvalue weighted by Gasteiger charge is 2.29. The molecule has 5 aromatic carbocycles. The molecule has 0 saturated heterocycles. The first kappa shape index (κ1) is 24.8. The van der Waals surface area contributed by atoms with Crippen LogP contribution in [0.1, 0.15) is 0 Å². The third kappa shape index (κ3) is 3.83. The Morgan fingerprint density at radius 1 is 0.636 bits per heavy atom. The molecule has 1 aliphatic heterocycles. The van der Waals surface area contributed by atoms with E-state index >= 15 is 0 Å². The van der Waals surface area contributed by atoms with Gasteiger partial charge in [-0.25, -0.2) is 9.97 Å². The minimum absolute atomic E-state index is 0.639. The first-order chi connectivity index (χ1) is 21.8. The van der Waals surface area contributed by atoms with E-state index < -0.39 is 0 Å². The second-order valence-corrected chi connectivity index (χ2v) is 11.3. The van der Waals surface area contributed by atoms with Gasteiger partial charge in [0.05, 0.1) is 22.5 Å². The molecule has 0 radical (unpaired) electrons. The summed E-state index contributed by atoms with van der Waals surface area (Å²) in [6, 6.07) is 45.6. The zero-order chi connectivity index (χ0) is 29.0. The molecule has 6 nitrogen and oxygen atoms in total. The van der Waals surface area contributed by atoms with Crippen LogP contribution in [0, 0.1) is 0 Å². The van der Waals surface area contributed by atoms with Crippen LogP contribution in [0.4, 0.5) is 17.1 Å². The van der Waals surface area contributed by atoms with E-state index in [0.717, 1.165) is 72.3 Å². The van der Waals surface area contributed by atoms with Crippen LogP contribution in [0.5, 0.6) is 11.5 Å².